The summed E-state index contributed by atoms with van der Waals surface area (Å²) in [4.78, 5) is 15.1. The van der Waals surface area contributed by atoms with Crippen LogP contribution in [0.3, 0.4) is 0 Å². The second-order valence-corrected chi connectivity index (χ2v) is 6.92. The highest BCUT2D eigenvalue weighted by Gasteiger charge is 2.37. The zero-order valence-corrected chi connectivity index (χ0v) is 13.8. The number of rotatable bonds is 3. The smallest absolute Gasteiger partial charge is 0.167 e. The van der Waals surface area contributed by atoms with Crippen molar-refractivity contribution >= 4 is 11.9 Å². The van der Waals surface area contributed by atoms with E-state index in [0.29, 0.717) is 6.54 Å². The van der Waals surface area contributed by atoms with E-state index in [0.717, 1.165) is 24.2 Å². The lowest BCUT2D eigenvalue weighted by molar-refractivity contribution is -0.126. The van der Waals surface area contributed by atoms with Crippen molar-refractivity contribution in [3.05, 3.63) is 77.4 Å². The standard InChI is InChI=1S/C21H23NO/c1-21(2)16-22(14-18-11-7-4-8-12-18)15-19(20(21)23)13-17-9-5-3-6-10-17/h3-13H,14-16H2,1-2H3. The van der Waals surface area contributed by atoms with Crippen molar-refractivity contribution in [3.8, 4) is 0 Å². The second-order valence-electron chi connectivity index (χ2n) is 6.92. The number of hydrogen-bond donors (Lipinski definition) is 0. The maximum Gasteiger partial charge on any atom is 0.167 e. The van der Waals surface area contributed by atoms with Crippen molar-refractivity contribution in [2.24, 2.45) is 5.41 Å². The summed E-state index contributed by atoms with van der Waals surface area (Å²) in [5.74, 6) is 0.269. The van der Waals surface area contributed by atoms with Crippen molar-refractivity contribution < 1.29 is 4.79 Å². The summed E-state index contributed by atoms with van der Waals surface area (Å²) < 4.78 is 0. The molecule has 0 saturated carbocycles. The maximum atomic E-state index is 12.8. The molecule has 0 amide bonds. The highest BCUT2D eigenvalue weighted by Crippen LogP contribution is 2.30. The van der Waals surface area contributed by atoms with Gasteiger partial charge in [-0.15, -0.1) is 0 Å². The molecular formula is C21H23NO. The minimum atomic E-state index is -0.340. The van der Waals surface area contributed by atoms with Crippen LogP contribution in [0.5, 0.6) is 0 Å². The molecule has 23 heavy (non-hydrogen) atoms. The molecule has 118 valence electrons. The van der Waals surface area contributed by atoms with Crippen LogP contribution in [0.25, 0.3) is 6.08 Å². The van der Waals surface area contributed by atoms with Gasteiger partial charge in [-0.2, -0.15) is 0 Å². The van der Waals surface area contributed by atoms with Crippen LogP contribution in [0.1, 0.15) is 25.0 Å². The number of nitrogens with zero attached hydrogens (tertiary/aromatic N) is 1. The van der Waals surface area contributed by atoms with Gasteiger partial charge in [-0.3, -0.25) is 9.69 Å². The summed E-state index contributed by atoms with van der Waals surface area (Å²) in [7, 11) is 0. The maximum absolute atomic E-state index is 12.8. The van der Waals surface area contributed by atoms with Crippen molar-refractivity contribution in [2.45, 2.75) is 20.4 Å². The highest BCUT2D eigenvalue weighted by atomic mass is 16.1. The van der Waals surface area contributed by atoms with Crippen LogP contribution in [-0.2, 0) is 11.3 Å². The molecule has 0 N–H and O–H groups in total. The van der Waals surface area contributed by atoms with Gasteiger partial charge in [0, 0.05) is 30.6 Å². The van der Waals surface area contributed by atoms with Crippen molar-refractivity contribution in [1.29, 1.82) is 0 Å². The number of Topliss-reactive ketones (excluding diaryl/α,β-unsaturated/α-hetero) is 1. The summed E-state index contributed by atoms with van der Waals surface area (Å²) >= 11 is 0. The molecule has 2 aromatic carbocycles. The molecule has 3 rings (SSSR count). The first kappa shape index (κ1) is 15.7. The third-order valence-corrected chi connectivity index (χ3v) is 4.31. The number of carbonyl (C=O) groups excluding carboxylic acids is 1. The SMILES string of the molecule is CC1(C)CN(Cc2ccccc2)CC(=Cc2ccccc2)C1=O. The van der Waals surface area contributed by atoms with Gasteiger partial charge in [0.2, 0.25) is 0 Å². The molecule has 0 aliphatic carbocycles. The molecule has 1 heterocycles. The molecule has 0 aromatic heterocycles. The number of piperidine rings is 1. The summed E-state index contributed by atoms with van der Waals surface area (Å²) in [5, 5.41) is 0. The minimum Gasteiger partial charge on any atom is -0.294 e. The topological polar surface area (TPSA) is 20.3 Å². The zero-order chi connectivity index (χ0) is 16.3. The quantitative estimate of drug-likeness (QED) is 0.793. The first-order valence-corrected chi connectivity index (χ1v) is 8.11. The fraction of sp³-hybridized carbons (Fsp3) is 0.286. The van der Waals surface area contributed by atoms with Crippen molar-refractivity contribution in [3.63, 3.8) is 0 Å². The molecule has 2 aromatic rings. The van der Waals surface area contributed by atoms with E-state index in [1.54, 1.807) is 0 Å². The predicted molar refractivity (Wildman–Crippen MR) is 94.9 cm³/mol. The molecule has 0 atom stereocenters. The first-order chi connectivity index (χ1) is 11.0. The average Bonchev–Trinajstić information content (AvgIpc) is 2.54. The van der Waals surface area contributed by atoms with Crippen LogP contribution in [0.4, 0.5) is 0 Å². The monoisotopic (exact) mass is 305 g/mol. The summed E-state index contributed by atoms with van der Waals surface area (Å²) in [6.45, 7) is 6.49. The lowest BCUT2D eigenvalue weighted by Crippen LogP contribution is -2.47. The molecule has 0 radical (unpaired) electrons. The number of carbonyl (C=O) groups is 1. The van der Waals surface area contributed by atoms with E-state index in [1.165, 1.54) is 5.56 Å². The lowest BCUT2D eigenvalue weighted by atomic mass is 9.79. The van der Waals surface area contributed by atoms with Gasteiger partial charge in [-0.1, -0.05) is 74.5 Å². The molecule has 2 heteroatoms. The van der Waals surface area contributed by atoms with Gasteiger partial charge < -0.3 is 0 Å². The Balaban J connectivity index is 1.84. The molecule has 1 saturated heterocycles. The Morgan fingerprint density at radius 3 is 2.26 bits per heavy atom. The van der Waals surface area contributed by atoms with Gasteiger partial charge in [-0.25, -0.2) is 0 Å². The molecule has 0 unspecified atom stereocenters. The Bertz CT molecular complexity index is 701. The van der Waals surface area contributed by atoms with Crippen molar-refractivity contribution in [2.75, 3.05) is 13.1 Å². The molecule has 1 aliphatic rings. The Hall–Kier alpha value is -2.19. The molecule has 0 spiro atoms. The average molecular weight is 305 g/mol. The normalized spacial score (nSPS) is 19.9. The Morgan fingerprint density at radius 1 is 1.00 bits per heavy atom. The fourth-order valence-electron chi connectivity index (χ4n) is 3.25. The van der Waals surface area contributed by atoms with Gasteiger partial charge in [0.1, 0.15) is 0 Å². The van der Waals surface area contributed by atoms with E-state index < -0.39 is 0 Å². The van der Waals surface area contributed by atoms with Crippen LogP contribution in [-0.4, -0.2) is 23.8 Å². The van der Waals surface area contributed by atoms with Gasteiger partial charge in [0.15, 0.2) is 5.78 Å². The third-order valence-electron chi connectivity index (χ3n) is 4.31. The molecule has 0 bridgehead atoms. The fourth-order valence-corrected chi connectivity index (χ4v) is 3.25. The van der Waals surface area contributed by atoms with E-state index in [9.17, 15) is 4.79 Å². The van der Waals surface area contributed by atoms with E-state index in [1.807, 2.05) is 56.3 Å². The second kappa shape index (κ2) is 6.51. The number of benzene rings is 2. The largest absolute Gasteiger partial charge is 0.294 e. The molecule has 1 aliphatic heterocycles. The third kappa shape index (κ3) is 3.77. The molecular weight excluding hydrogens is 282 g/mol. The zero-order valence-electron chi connectivity index (χ0n) is 13.8. The Morgan fingerprint density at radius 2 is 1.61 bits per heavy atom. The van der Waals surface area contributed by atoms with Gasteiger partial charge in [0.05, 0.1) is 0 Å². The van der Waals surface area contributed by atoms with E-state index in [4.69, 9.17) is 0 Å². The van der Waals surface area contributed by atoms with E-state index in [-0.39, 0.29) is 11.2 Å². The van der Waals surface area contributed by atoms with Gasteiger partial charge in [-0.05, 0) is 17.2 Å². The number of likely N-dealkylation sites (tertiary alicyclic amines) is 1. The summed E-state index contributed by atoms with van der Waals surface area (Å²) in [5.41, 5.74) is 2.95. The van der Waals surface area contributed by atoms with Crippen molar-refractivity contribution in [1.82, 2.24) is 4.90 Å². The summed E-state index contributed by atoms with van der Waals surface area (Å²) in [6.07, 6.45) is 2.04. The Kier molecular flexibility index (Phi) is 4.44. The summed E-state index contributed by atoms with van der Waals surface area (Å²) in [6, 6.07) is 20.6. The van der Waals surface area contributed by atoms with E-state index in [2.05, 4.69) is 29.2 Å². The van der Waals surface area contributed by atoms with Gasteiger partial charge in [0.25, 0.3) is 0 Å². The van der Waals surface area contributed by atoms with Crippen LogP contribution >= 0.6 is 0 Å². The van der Waals surface area contributed by atoms with Crippen LogP contribution in [0.15, 0.2) is 66.2 Å². The predicted octanol–water partition coefficient (Wildman–Crippen LogP) is 4.18. The van der Waals surface area contributed by atoms with Crippen LogP contribution in [0, 0.1) is 5.41 Å². The molecule has 1 fully saturated rings. The van der Waals surface area contributed by atoms with E-state index >= 15 is 0 Å². The van der Waals surface area contributed by atoms with Crippen LogP contribution in [0.2, 0.25) is 0 Å². The van der Waals surface area contributed by atoms with Crippen LogP contribution < -0.4 is 0 Å². The minimum absolute atomic E-state index is 0.269. The Labute approximate surface area is 138 Å². The number of hydrogen-bond acceptors (Lipinski definition) is 2. The number of ketones is 1. The van der Waals surface area contributed by atoms with Gasteiger partial charge >= 0.3 is 0 Å². The lowest BCUT2D eigenvalue weighted by Gasteiger charge is -2.38. The first-order valence-electron chi connectivity index (χ1n) is 8.11. The molecule has 2 nitrogen and oxygen atoms in total. The highest BCUT2D eigenvalue weighted by molar-refractivity contribution is 6.04.